The summed E-state index contributed by atoms with van der Waals surface area (Å²) in [6.07, 6.45) is 1.49. The van der Waals surface area contributed by atoms with Gasteiger partial charge in [0, 0.05) is 6.54 Å². The summed E-state index contributed by atoms with van der Waals surface area (Å²) in [5.74, 6) is -1.80. The van der Waals surface area contributed by atoms with E-state index in [1.807, 2.05) is 6.92 Å². The van der Waals surface area contributed by atoms with Gasteiger partial charge in [-0.1, -0.05) is 38.0 Å². The average molecular weight is 378 g/mol. The first-order chi connectivity index (χ1) is 11.2. The summed E-state index contributed by atoms with van der Waals surface area (Å²) in [7, 11) is -7.72. The lowest BCUT2D eigenvalue weighted by atomic mass is 10.1. The number of sulfonamides is 2. The van der Waals surface area contributed by atoms with E-state index in [9.17, 15) is 21.6 Å². The summed E-state index contributed by atoms with van der Waals surface area (Å²) in [6.45, 7) is 1.51. The fourth-order valence-electron chi connectivity index (χ4n) is 1.91. The molecule has 0 aromatic heterocycles. The Bertz CT molecular complexity index is 732. The molecule has 0 fully saturated rings. The standard InChI is InChI=1S/C14H22N2O6S2/c1-2-3-9-13(14(17)18)16-23(19,20)11-10-15-24(21,22)12-7-5-4-6-8-12/h4-8,13,15-16H,2-3,9-11H2,1H3,(H,17,18)/t13-/m0/s1. The van der Waals surface area contributed by atoms with Crippen LogP contribution in [-0.4, -0.2) is 46.3 Å². The van der Waals surface area contributed by atoms with E-state index < -0.39 is 37.8 Å². The molecule has 1 aromatic rings. The zero-order chi connectivity index (χ0) is 18.2. The van der Waals surface area contributed by atoms with Crippen LogP contribution in [0.25, 0.3) is 0 Å². The zero-order valence-corrected chi connectivity index (χ0v) is 14.9. The van der Waals surface area contributed by atoms with Crippen LogP contribution in [0.1, 0.15) is 26.2 Å². The van der Waals surface area contributed by atoms with Crippen molar-refractivity contribution in [3.63, 3.8) is 0 Å². The van der Waals surface area contributed by atoms with Crippen molar-refractivity contribution in [1.29, 1.82) is 0 Å². The summed E-state index contributed by atoms with van der Waals surface area (Å²) in [5, 5.41) is 9.03. The molecule has 0 spiro atoms. The van der Waals surface area contributed by atoms with Crippen LogP contribution in [0.2, 0.25) is 0 Å². The second kappa shape index (κ2) is 9.11. The summed E-state index contributed by atoms with van der Waals surface area (Å²) >= 11 is 0. The highest BCUT2D eigenvalue weighted by Gasteiger charge is 2.24. The van der Waals surface area contributed by atoms with Crippen LogP contribution >= 0.6 is 0 Å². The topological polar surface area (TPSA) is 130 Å². The van der Waals surface area contributed by atoms with Crippen LogP contribution in [0.5, 0.6) is 0 Å². The van der Waals surface area contributed by atoms with E-state index in [4.69, 9.17) is 5.11 Å². The zero-order valence-electron chi connectivity index (χ0n) is 13.3. The van der Waals surface area contributed by atoms with Gasteiger partial charge in [-0.3, -0.25) is 4.79 Å². The molecule has 0 bridgehead atoms. The van der Waals surface area contributed by atoms with Gasteiger partial charge >= 0.3 is 5.97 Å². The van der Waals surface area contributed by atoms with Crippen LogP contribution in [-0.2, 0) is 24.8 Å². The molecule has 0 aliphatic rings. The normalized spacial score (nSPS) is 13.5. The molecule has 1 atom stereocenters. The summed E-state index contributed by atoms with van der Waals surface area (Å²) in [6, 6.07) is 6.34. The quantitative estimate of drug-likeness (QED) is 0.515. The van der Waals surface area contributed by atoms with Gasteiger partial charge in [-0.25, -0.2) is 26.3 Å². The van der Waals surface area contributed by atoms with Gasteiger partial charge in [0.25, 0.3) is 0 Å². The maximum absolute atomic E-state index is 12.0. The molecule has 0 amide bonds. The maximum Gasteiger partial charge on any atom is 0.321 e. The van der Waals surface area contributed by atoms with Gasteiger partial charge in [0.1, 0.15) is 6.04 Å². The second-order valence-corrected chi connectivity index (χ2v) is 8.82. The van der Waals surface area contributed by atoms with Crippen molar-refractivity contribution < 1.29 is 26.7 Å². The number of aliphatic carboxylic acids is 1. The molecule has 0 aliphatic heterocycles. The number of carboxylic acid groups (broad SMARTS) is 1. The van der Waals surface area contributed by atoms with Gasteiger partial charge in [0.15, 0.2) is 0 Å². The van der Waals surface area contributed by atoms with Gasteiger partial charge in [0.2, 0.25) is 20.0 Å². The van der Waals surface area contributed by atoms with Gasteiger partial charge in [-0.15, -0.1) is 0 Å². The molecule has 0 saturated carbocycles. The number of nitrogens with one attached hydrogen (secondary N) is 2. The first-order valence-electron chi connectivity index (χ1n) is 7.45. The predicted molar refractivity (Wildman–Crippen MR) is 89.5 cm³/mol. The molecule has 24 heavy (non-hydrogen) atoms. The van der Waals surface area contributed by atoms with Crippen LogP contribution in [0.4, 0.5) is 0 Å². The van der Waals surface area contributed by atoms with Gasteiger partial charge in [0.05, 0.1) is 10.6 Å². The molecule has 0 unspecified atom stereocenters. The number of hydrogen-bond donors (Lipinski definition) is 3. The Morgan fingerprint density at radius 2 is 1.79 bits per heavy atom. The molecule has 8 nitrogen and oxygen atoms in total. The number of carboxylic acids is 1. The molecule has 0 aliphatic carbocycles. The van der Waals surface area contributed by atoms with E-state index >= 15 is 0 Å². The highest BCUT2D eigenvalue weighted by atomic mass is 32.2. The van der Waals surface area contributed by atoms with Crippen molar-refractivity contribution in [3.8, 4) is 0 Å². The summed E-state index contributed by atoms with van der Waals surface area (Å²) < 4.78 is 52.1. The van der Waals surface area contributed by atoms with E-state index in [1.165, 1.54) is 12.1 Å². The third-order valence-electron chi connectivity index (χ3n) is 3.18. The number of carbonyl (C=O) groups is 1. The summed E-state index contributed by atoms with van der Waals surface area (Å²) in [5.41, 5.74) is 0. The Morgan fingerprint density at radius 1 is 1.17 bits per heavy atom. The molecular weight excluding hydrogens is 356 g/mol. The van der Waals surface area contributed by atoms with E-state index in [0.717, 1.165) is 6.42 Å². The van der Waals surface area contributed by atoms with E-state index in [1.54, 1.807) is 18.2 Å². The minimum atomic E-state index is -3.92. The number of hydrogen-bond acceptors (Lipinski definition) is 5. The van der Waals surface area contributed by atoms with Crippen LogP contribution in [0.3, 0.4) is 0 Å². The third kappa shape index (κ3) is 6.95. The monoisotopic (exact) mass is 378 g/mol. The lowest BCUT2D eigenvalue weighted by Gasteiger charge is -2.14. The number of unbranched alkanes of at least 4 members (excludes halogenated alkanes) is 1. The van der Waals surface area contributed by atoms with Crippen LogP contribution in [0, 0.1) is 0 Å². The molecule has 1 rings (SSSR count). The van der Waals surface area contributed by atoms with Crippen molar-refractivity contribution in [2.45, 2.75) is 37.1 Å². The SMILES string of the molecule is CCCC[C@H](NS(=O)(=O)CCNS(=O)(=O)c1ccccc1)C(=O)O. The smallest absolute Gasteiger partial charge is 0.321 e. The first kappa shape index (κ1) is 20.6. The molecular formula is C14H22N2O6S2. The Hall–Kier alpha value is -1.49. The second-order valence-electron chi connectivity index (χ2n) is 5.18. The highest BCUT2D eigenvalue weighted by molar-refractivity contribution is 7.90. The average Bonchev–Trinajstić information content (AvgIpc) is 2.51. The summed E-state index contributed by atoms with van der Waals surface area (Å²) in [4.78, 5) is 11.1. The van der Waals surface area contributed by atoms with E-state index in [-0.39, 0.29) is 17.9 Å². The maximum atomic E-state index is 12.0. The number of rotatable bonds is 11. The van der Waals surface area contributed by atoms with Crippen LogP contribution < -0.4 is 9.44 Å². The van der Waals surface area contributed by atoms with E-state index in [0.29, 0.717) is 6.42 Å². The molecule has 3 N–H and O–H groups in total. The van der Waals surface area contributed by atoms with Gasteiger partial charge in [-0.05, 0) is 18.6 Å². The number of benzene rings is 1. The van der Waals surface area contributed by atoms with Crippen molar-refractivity contribution >= 4 is 26.0 Å². The first-order valence-corrected chi connectivity index (χ1v) is 10.6. The van der Waals surface area contributed by atoms with Gasteiger partial charge < -0.3 is 5.11 Å². The van der Waals surface area contributed by atoms with Crippen molar-refractivity contribution in [2.24, 2.45) is 0 Å². The molecule has 136 valence electrons. The minimum Gasteiger partial charge on any atom is -0.480 e. The fraction of sp³-hybridized carbons (Fsp3) is 0.500. The Morgan fingerprint density at radius 3 is 2.33 bits per heavy atom. The largest absolute Gasteiger partial charge is 0.480 e. The van der Waals surface area contributed by atoms with Crippen LogP contribution in [0.15, 0.2) is 35.2 Å². The minimum absolute atomic E-state index is 0.0294. The lowest BCUT2D eigenvalue weighted by Crippen LogP contribution is -2.43. The van der Waals surface area contributed by atoms with Crippen molar-refractivity contribution in [3.05, 3.63) is 30.3 Å². The third-order valence-corrected chi connectivity index (χ3v) is 6.04. The highest BCUT2D eigenvalue weighted by Crippen LogP contribution is 2.07. The molecule has 0 saturated heterocycles. The molecule has 0 heterocycles. The molecule has 10 heteroatoms. The Kier molecular flexibility index (Phi) is 7.80. The van der Waals surface area contributed by atoms with Gasteiger partial charge in [-0.2, -0.15) is 0 Å². The Balaban J connectivity index is 2.60. The predicted octanol–water partition coefficient (Wildman–Crippen LogP) is 0.528. The lowest BCUT2D eigenvalue weighted by molar-refractivity contribution is -0.139. The van der Waals surface area contributed by atoms with Crippen molar-refractivity contribution in [2.75, 3.05) is 12.3 Å². The fourth-order valence-corrected chi connectivity index (χ4v) is 4.23. The van der Waals surface area contributed by atoms with E-state index in [2.05, 4.69) is 9.44 Å². The molecule has 0 radical (unpaired) electrons. The van der Waals surface area contributed by atoms with Crippen molar-refractivity contribution in [1.82, 2.24) is 9.44 Å². The molecule has 1 aromatic carbocycles. The Labute approximate surface area is 142 Å².